The third-order valence-electron chi connectivity index (χ3n) is 4.92. The molecule has 3 aromatic heterocycles. The minimum atomic E-state index is -4.57. The second kappa shape index (κ2) is 11.0. The quantitative estimate of drug-likeness (QED) is 0.307. The van der Waals surface area contributed by atoms with Gasteiger partial charge in [0, 0.05) is 30.4 Å². The fourth-order valence-electron chi connectivity index (χ4n) is 3.13. The molecule has 0 saturated carbocycles. The molecule has 0 bridgehead atoms. The first-order valence-corrected chi connectivity index (χ1v) is 10.8. The van der Waals surface area contributed by atoms with Gasteiger partial charge in [0.25, 0.3) is 5.88 Å². The fraction of sp³-hybridized carbons (Fsp3) is 0.208. The van der Waals surface area contributed by atoms with Crippen molar-refractivity contribution in [3.8, 4) is 23.5 Å². The molecule has 0 saturated heterocycles. The first-order valence-electron chi connectivity index (χ1n) is 10.8. The zero-order valence-electron chi connectivity index (χ0n) is 19.3. The minimum Gasteiger partial charge on any atom is -0.475 e. The van der Waals surface area contributed by atoms with Gasteiger partial charge in [0.15, 0.2) is 0 Å². The summed E-state index contributed by atoms with van der Waals surface area (Å²) in [6.07, 6.45) is -0.340. The summed E-state index contributed by atoms with van der Waals surface area (Å²) in [6.45, 7) is 0.0343. The van der Waals surface area contributed by atoms with Crippen molar-refractivity contribution < 1.29 is 31.8 Å². The van der Waals surface area contributed by atoms with E-state index in [0.29, 0.717) is 12.0 Å². The van der Waals surface area contributed by atoms with Crippen LogP contribution in [-0.2, 0) is 19.1 Å². The molecule has 37 heavy (non-hydrogen) atoms. The smallest absolute Gasteiger partial charge is 0.433 e. The molecule has 1 aromatic carbocycles. The average molecular weight is 517 g/mol. The Morgan fingerprint density at radius 1 is 0.973 bits per heavy atom. The minimum absolute atomic E-state index is 0.0114. The molecular formula is C24H19F4N5O4. The van der Waals surface area contributed by atoms with Crippen LogP contribution in [0.15, 0.2) is 65.8 Å². The Balaban J connectivity index is 1.32. The van der Waals surface area contributed by atoms with Gasteiger partial charge in [-0.2, -0.15) is 22.5 Å². The molecule has 0 aliphatic heterocycles. The lowest BCUT2D eigenvalue weighted by Gasteiger charge is -2.10. The average Bonchev–Trinajstić information content (AvgIpc) is 2.88. The Labute approximate surface area is 207 Å². The van der Waals surface area contributed by atoms with Gasteiger partial charge in [0.05, 0.1) is 26.5 Å². The van der Waals surface area contributed by atoms with Crippen LogP contribution in [0.4, 0.5) is 17.6 Å². The summed E-state index contributed by atoms with van der Waals surface area (Å²) in [6, 6.07) is 9.99. The first kappa shape index (κ1) is 25.5. The molecule has 0 amide bonds. The lowest BCUT2D eigenvalue weighted by atomic mass is 10.1. The van der Waals surface area contributed by atoms with Crippen molar-refractivity contribution in [1.29, 1.82) is 0 Å². The van der Waals surface area contributed by atoms with E-state index in [2.05, 4.69) is 19.9 Å². The van der Waals surface area contributed by atoms with Crippen molar-refractivity contribution in [2.75, 3.05) is 13.7 Å². The molecular weight excluding hydrogens is 498 g/mol. The van der Waals surface area contributed by atoms with Crippen molar-refractivity contribution in [2.24, 2.45) is 0 Å². The van der Waals surface area contributed by atoms with Gasteiger partial charge in [-0.15, -0.1) is 0 Å². The van der Waals surface area contributed by atoms with Crippen molar-refractivity contribution in [3.63, 3.8) is 0 Å². The van der Waals surface area contributed by atoms with Crippen LogP contribution in [0.3, 0.4) is 0 Å². The van der Waals surface area contributed by atoms with Gasteiger partial charge in [-0.05, 0) is 23.8 Å². The lowest BCUT2D eigenvalue weighted by Crippen LogP contribution is -2.25. The van der Waals surface area contributed by atoms with Gasteiger partial charge in [-0.25, -0.2) is 19.7 Å². The van der Waals surface area contributed by atoms with E-state index >= 15 is 0 Å². The van der Waals surface area contributed by atoms with Crippen LogP contribution in [0, 0.1) is 5.82 Å². The van der Waals surface area contributed by atoms with E-state index in [9.17, 15) is 22.4 Å². The summed E-state index contributed by atoms with van der Waals surface area (Å²) in [5, 5.41) is 0. The lowest BCUT2D eigenvalue weighted by molar-refractivity contribution is -0.141. The summed E-state index contributed by atoms with van der Waals surface area (Å²) in [5.41, 5.74) is -0.439. The molecule has 3 heterocycles. The van der Waals surface area contributed by atoms with Crippen LogP contribution >= 0.6 is 0 Å². The molecule has 0 radical (unpaired) electrons. The Bertz CT molecular complexity index is 1410. The molecule has 0 aliphatic carbocycles. The van der Waals surface area contributed by atoms with Crippen molar-refractivity contribution in [1.82, 2.24) is 24.5 Å². The highest BCUT2D eigenvalue weighted by Gasteiger charge is 2.32. The number of nitrogens with zero attached hydrogens (tertiary/aromatic N) is 5. The highest BCUT2D eigenvalue weighted by Crippen LogP contribution is 2.30. The van der Waals surface area contributed by atoms with Crippen LogP contribution < -0.4 is 19.9 Å². The Hall–Kier alpha value is -4.55. The molecule has 0 spiro atoms. The number of hydrogen-bond donors (Lipinski definition) is 0. The molecule has 0 aliphatic rings. The van der Waals surface area contributed by atoms with E-state index in [1.54, 1.807) is 24.3 Å². The molecule has 0 fully saturated rings. The Morgan fingerprint density at radius 2 is 1.70 bits per heavy atom. The SMILES string of the molecule is COc1ncc(Cn2cc(F)c(OCCc3ccc(Oc4cccc(C(F)(F)F)n4)cc3)nc2=O)cn1. The van der Waals surface area contributed by atoms with E-state index in [1.165, 1.54) is 31.6 Å². The number of hydrogen-bond acceptors (Lipinski definition) is 8. The van der Waals surface area contributed by atoms with Gasteiger partial charge in [0.1, 0.15) is 11.4 Å². The van der Waals surface area contributed by atoms with Crippen molar-refractivity contribution in [3.05, 3.63) is 94.2 Å². The summed E-state index contributed by atoms with van der Waals surface area (Å²) in [5.74, 6) is -1.15. The molecule has 0 atom stereocenters. The van der Waals surface area contributed by atoms with Crippen LogP contribution in [0.5, 0.6) is 23.5 Å². The van der Waals surface area contributed by atoms with Crippen LogP contribution in [0.1, 0.15) is 16.8 Å². The highest BCUT2D eigenvalue weighted by atomic mass is 19.4. The topological polar surface area (TPSA) is 101 Å². The number of methoxy groups -OCH3 is 1. The maximum absolute atomic E-state index is 14.4. The molecule has 192 valence electrons. The summed E-state index contributed by atoms with van der Waals surface area (Å²) >= 11 is 0. The standard InChI is InChI=1S/C24H19F4N5O4/c1-35-22-29-11-16(12-30-22)13-33-14-18(25)21(32-23(33)34)36-10-9-15-5-7-17(8-6-15)37-20-4-2-3-19(31-20)24(26,27)28/h2-8,11-12,14H,9-10,13H2,1H3. The molecule has 4 aromatic rings. The first-order chi connectivity index (χ1) is 17.7. The molecule has 13 heteroatoms. The number of benzene rings is 1. The highest BCUT2D eigenvalue weighted by molar-refractivity contribution is 5.31. The molecule has 0 N–H and O–H groups in total. The second-order valence-electron chi connectivity index (χ2n) is 7.59. The van der Waals surface area contributed by atoms with Gasteiger partial charge in [0.2, 0.25) is 11.7 Å². The van der Waals surface area contributed by atoms with E-state index in [4.69, 9.17) is 14.2 Å². The molecule has 4 rings (SSSR count). The summed E-state index contributed by atoms with van der Waals surface area (Å²) in [7, 11) is 1.42. The van der Waals surface area contributed by atoms with E-state index in [1.807, 2.05) is 0 Å². The largest absolute Gasteiger partial charge is 0.475 e. The fourth-order valence-corrected chi connectivity index (χ4v) is 3.13. The summed E-state index contributed by atoms with van der Waals surface area (Å²) in [4.78, 5) is 27.2. The maximum atomic E-state index is 14.4. The second-order valence-corrected chi connectivity index (χ2v) is 7.59. The zero-order valence-corrected chi connectivity index (χ0v) is 19.3. The molecule has 9 nitrogen and oxygen atoms in total. The Kier molecular flexibility index (Phi) is 7.60. The third-order valence-corrected chi connectivity index (χ3v) is 4.92. The number of pyridine rings is 1. The predicted octanol–water partition coefficient (Wildman–Crippen LogP) is 4.06. The predicted molar refractivity (Wildman–Crippen MR) is 121 cm³/mol. The number of halogens is 4. The van der Waals surface area contributed by atoms with E-state index < -0.39 is 29.3 Å². The van der Waals surface area contributed by atoms with Gasteiger partial charge in [-0.3, -0.25) is 4.57 Å². The number of alkyl halides is 3. The molecule has 0 unspecified atom stereocenters. The normalized spacial score (nSPS) is 11.3. The zero-order chi connectivity index (χ0) is 26.4. The monoisotopic (exact) mass is 517 g/mol. The van der Waals surface area contributed by atoms with Crippen molar-refractivity contribution in [2.45, 2.75) is 19.1 Å². The van der Waals surface area contributed by atoms with Gasteiger partial charge < -0.3 is 14.2 Å². The van der Waals surface area contributed by atoms with Gasteiger partial charge >= 0.3 is 17.9 Å². The van der Waals surface area contributed by atoms with Crippen LogP contribution in [0.25, 0.3) is 0 Å². The summed E-state index contributed by atoms with van der Waals surface area (Å²) < 4.78 is 69.5. The van der Waals surface area contributed by atoms with Gasteiger partial charge in [-0.1, -0.05) is 18.2 Å². The maximum Gasteiger partial charge on any atom is 0.433 e. The number of aromatic nitrogens is 5. The van der Waals surface area contributed by atoms with E-state index in [0.717, 1.165) is 22.4 Å². The Morgan fingerprint density at radius 3 is 2.38 bits per heavy atom. The van der Waals surface area contributed by atoms with Crippen LogP contribution in [-0.4, -0.2) is 38.2 Å². The van der Waals surface area contributed by atoms with E-state index in [-0.39, 0.29) is 30.8 Å². The number of rotatable bonds is 9. The number of ether oxygens (including phenoxy) is 3. The van der Waals surface area contributed by atoms with Crippen LogP contribution in [0.2, 0.25) is 0 Å². The van der Waals surface area contributed by atoms with Crippen molar-refractivity contribution >= 4 is 0 Å². The third kappa shape index (κ3) is 6.78.